The van der Waals surface area contributed by atoms with Crippen molar-refractivity contribution in [2.75, 3.05) is 32.9 Å². The van der Waals surface area contributed by atoms with Crippen LogP contribution in [0.5, 0.6) is 0 Å². The highest BCUT2D eigenvalue weighted by Crippen LogP contribution is 2.36. The van der Waals surface area contributed by atoms with Gasteiger partial charge in [-0.15, -0.1) is 11.8 Å². The molecule has 0 fully saturated rings. The number of rotatable bonds is 5. The first kappa shape index (κ1) is 14.9. The zero-order valence-electron chi connectivity index (χ0n) is 12.6. The Bertz CT molecular complexity index is 415. The van der Waals surface area contributed by atoms with Crippen LogP contribution in [-0.2, 0) is 0 Å². The Morgan fingerprint density at radius 1 is 1.32 bits per heavy atom. The van der Waals surface area contributed by atoms with Crippen molar-refractivity contribution in [2.45, 2.75) is 31.2 Å². The van der Waals surface area contributed by atoms with E-state index in [1.54, 1.807) is 0 Å². The summed E-state index contributed by atoms with van der Waals surface area (Å²) >= 11 is 1.99. The van der Waals surface area contributed by atoms with Gasteiger partial charge in [0.25, 0.3) is 0 Å². The van der Waals surface area contributed by atoms with Crippen LogP contribution in [0, 0.1) is 5.41 Å². The molecule has 19 heavy (non-hydrogen) atoms. The molecule has 1 aliphatic rings. The predicted octanol–water partition coefficient (Wildman–Crippen LogP) is 3.40. The second kappa shape index (κ2) is 6.29. The third-order valence-electron chi connectivity index (χ3n) is 3.53. The minimum atomic E-state index is 0.309. The summed E-state index contributed by atoms with van der Waals surface area (Å²) in [5.41, 5.74) is 1.79. The molecular weight excluding hydrogens is 252 g/mol. The number of nitrogens with one attached hydrogen (secondary N) is 1. The molecule has 0 radical (unpaired) electrons. The van der Waals surface area contributed by atoms with Gasteiger partial charge in [0, 0.05) is 24.0 Å². The van der Waals surface area contributed by atoms with Gasteiger partial charge >= 0.3 is 0 Å². The SMILES string of the molecule is CN(C)CC(C)(C)CNC1CCSc2ccccc21. The van der Waals surface area contributed by atoms with Crippen LogP contribution in [-0.4, -0.2) is 37.8 Å². The van der Waals surface area contributed by atoms with Gasteiger partial charge in [-0.3, -0.25) is 0 Å². The maximum atomic E-state index is 3.78. The average molecular weight is 278 g/mol. The van der Waals surface area contributed by atoms with Crippen molar-refractivity contribution in [3.63, 3.8) is 0 Å². The zero-order valence-corrected chi connectivity index (χ0v) is 13.4. The van der Waals surface area contributed by atoms with E-state index in [-0.39, 0.29) is 0 Å². The maximum absolute atomic E-state index is 3.78. The standard InChI is InChI=1S/C16H26N2S/c1-16(2,12-18(3)4)11-17-14-9-10-19-15-8-6-5-7-13(14)15/h5-8,14,17H,9-12H2,1-4H3. The minimum Gasteiger partial charge on any atom is -0.309 e. The number of benzene rings is 1. The summed E-state index contributed by atoms with van der Waals surface area (Å²) < 4.78 is 0. The summed E-state index contributed by atoms with van der Waals surface area (Å²) in [6, 6.07) is 9.35. The Labute approximate surface area is 122 Å². The predicted molar refractivity (Wildman–Crippen MR) is 84.9 cm³/mol. The lowest BCUT2D eigenvalue weighted by atomic mass is 9.91. The van der Waals surface area contributed by atoms with Crippen LogP contribution >= 0.6 is 11.8 Å². The van der Waals surface area contributed by atoms with Gasteiger partial charge in [0.15, 0.2) is 0 Å². The summed E-state index contributed by atoms with van der Waals surface area (Å²) in [5.74, 6) is 1.22. The smallest absolute Gasteiger partial charge is 0.0339 e. The highest BCUT2D eigenvalue weighted by atomic mass is 32.2. The van der Waals surface area contributed by atoms with Gasteiger partial charge in [-0.2, -0.15) is 0 Å². The minimum absolute atomic E-state index is 0.309. The topological polar surface area (TPSA) is 15.3 Å². The molecular formula is C16H26N2S. The van der Waals surface area contributed by atoms with Crippen molar-refractivity contribution in [2.24, 2.45) is 5.41 Å². The van der Waals surface area contributed by atoms with E-state index >= 15 is 0 Å². The van der Waals surface area contributed by atoms with E-state index in [2.05, 4.69) is 62.4 Å². The largest absolute Gasteiger partial charge is 0.309 e. The van der Waals surface area contributed by atoms with Crippen LogP contribution in [0.4, 0.5) is 0 Å². The fourth-order valence-electron chi connectivity index (χ4n) is 2.87. The van der Waals surface area contributed by atoms with Gasteiger partial charge in [0.1, 0.15) is 0 Å². The molecule has 0 aliphatic carbocycles. The highest BCUT2D eigenvalue weighted by molar-refractivity contribution is 7.99. The molecule has 0 spiro atoms. The molecule has 1 N–H and O–H groups in total. The lowest BCUT2D eigenvalue weighted by molar-refractivity contribution is 0.224. The quantitative estimate of drug-likeness (QED) is 0.888. The molecule has 1 atom stereocenters. The Morgan fingerprint density at radius 2 is 2.05 bits per heavy atom. The summed E-state index contributed by atoms with van der Waals surface area (Å²) in [6.45, 7) is 6.85. The van der Waals surface area contributed by atoms with E-state index in [0.717, 1.165) is 13.1 Å². The molecule has 0 saturated heterocycles. The Kier molecular flexibility index (Phi) is 4.93. The van der Waals surface area contributed by atoms with Crippen LogP contribution in [0.1, 0.15) is 31.9 Å². The fraction of sp³-hybridized carbons (Fsp3) is 0.625. The summed E-state index contributed by atoms with van der Waals surface area (Å²) in [5, 5.41) is 3.78. The first-order chi connectivity index (χ1) is 8.98. The molecule has 2 nitrogen and oxygen atoms in total. The van der Waals surface area contributed by atoms with Crippen LogP contribution in [0.25, 0.3) is 0 Å². The molecule has 2 rings (SSSR count). The van der Waals surface area contributed by atoms with E-state index in [0.29, 0.717) is 11.5 Å². The van der Waals surface area contributed by atoms with Crippen LogP contribution in [0.15, 0.2) is 29.2 Å². The van der Waals surface area contributed by atoms with Gasteiger partial charge in [0.2, 0.25) is 0 Å². The van der Waals surface area contributed by atoms with Gasteiger partial charge < -0.3 is 10.2 Å². The lowest BCUT2D eigenvalue weighted by Crippen LogP contribution is -2.39. The van der Waals surface area contributed by atoms with E-state index in [1.807, 2.05) is 11.8 Å². The number of thioether (sulfide) groups is 1. The Morgan fingerprint density at radius 3 is 2.79 bits per heavy atom. The molecule has 3 heteroatoms. The molecule has 0 amide bonds. The molecule has 1 aromatic carbocycles. The van der Waals surface area contributed by atoms with Crippen molar-refractivity contribution in [1.29, 1.82) is 0 Å². The van der Waals surface area contributed by atoms with E-state index < -0.39 is 0 Å². The normalized spacial score (nSPS) is 19.5. The molecule has 106 valence electrons. The number of fused-ring (bicyclic) bond motifs is 1. The molecule has 1 unspecified atom stereocenters. The Hall–Kier alpha value is -0.510. The molecule has 1 aliphatic heterocycles. The first-order valence-corrected chi connectivity index (χ1v) is 8.06. The van der Waals surface area contributed by atoms with Crippen molar-refractivity contribution < 1.29 is 0 Å². The molecule has 0 aromatic heterocycles. The summed E-state index contributed by atoms with van der Waals surface area (Å²) in [7, 11) is 4.29. The monoisotopic (exact) mass is 278 g/mol. The van der Waals surface area contributed by atoms with Gasteiger partial charge in [-0.25, -0.2) is 0 Å². The van der Waals surface area contributed by atoms with Crippen molar-refractivity contribution in [3.05, 3.63) is 29.8 Å². The molecule has 1 heterocycles. The third-order valence-corrected chi connectivity index (χ3v) is 4.65. The number of hydrogen-bond acceptors (Lipinski definition) is 3. The molecule has 0 bridgehead atoms. The summed E-state index contributed by atoms with van der Waals surface area (Å²) in [4.78, 5) is 3.73. The maximum Gasteiger partial charge on any atom is 0.0339 e. The van der Waals surface area contributed by atoms with Crippen LogP contribution in [0.3, 0.4) is 0 Å². The highest BCUT2D eigenvalue weighted by Gasteiger charge is 2.24. The second-order valence-corrected chi connectivity index (χ2v) is 7.65. The van der Waals surface area contributed by atoms with Gasteiger partial charge in [0.05, 0.1) is 0 Å². The zero-order chi connectivity index (χ0) is 13.9. The number of nitrogens with zero attached hydrogens (tertiary/aromatic N) is 1. The second-order valence-electron chi connectivity index (χ2n) is 6.51. The Balaban J connectivity index is 1.98. The van der Waals surface area contributed by atoms with E-state index in [4.69, 9.17) is 0 Å². The lowest BCUT2D eigenvalue weighted by Gasteiger charge is -2.33. The molecule has 1 aromatic rings. The molecule has 0 saturated carbocycles. The third kappa shape index (κ3) is 4.23. The fourth-order valence-corrected chi connectivity index (χ4v) is 3.99. The average Bonchev–Trinajstić information content (AvgIpc) is 2.35. The van der Waals surface area contributed by atoms with Crippen molar-refractivity contribution in [3.8, 4) is 0 Å². The summed E-state index contributed by atoms with van der Waals surface area (Å²) in [6.07, 6.45) is 1.24. The first-order valence-electron chi connectivity index (χ1n) is 7.08. The van der Waals surface area contributed by atoms with E-state index in [9.17, 15) is 0 Å². The van der Waals surface area contributed by atoms with Crippen molar-refractivity contribution in [1.82, 2.24) is 10.2 Å². The van der Waals surface area contributed by atoms with Gasteiger partial charge in [-0.1, -0.05) is 32.0 Å². The van der Waals surface area contributed by atoms with E-state index in [1.165, 1.54) is 22.6 Å². The number of hydrogen-bond donors (Lipinski definition) is 1. The van der Waals surface area contributed by atoms with Gasteiger partial charge in [-0.05, 0) is 43.3 Å². The van der Waals surface area contributed by atoms with Crippen LogP contribution in [0.2, 0.25) is 0 Å². The van der Waals surface area contributed by atoms with Crippen molar-refractivity contribution >= 4 is 11.8 Å². The van der Waals surface area contributed by atoms with Crippen LogP contribution < -0.4 is 5.32 Å².